The first-order chi connectivity index (χ1) is 11.0. The Bertz CT molecular complexity index is 558. The Hall–Kier alpha value is -1.82. The minimum Gasteiger partial charge on any atom is -0.352 e. The Morgan fingerprint density at radius 1 is 1.35 bits per heavy atom. The highest BCUT2D eigenvalue weighted by Gasteiger charge is 2.33. The SMILES string of the molecule is NC(=O)NCCCCC(=O)N(Cc1c(F)cccc1Cl)C1CC1. The van der Waals surface area contributed by atoms with Crippen molar-refractivity contribution >= 4 is 23.5 Å². The Labute approximate surface area is 140 Å². The predicted octanol–water partition coefficient (Wildman–Crippen LogP) is 2.81. The molecule has 0 aromatic heterocycles. The van der Waals surface area contributed by atoms with Crippen LogP contribution in [-0.2, 0) is 11.3 Å². The van der Waals surface area contributed by atoms with Crippen molar-refractivity contribution in [1.82, 2.24) is 10.2 Å². The molecule has 0 unspecified atom stereocenters. The minimum absolute atomic E-state index is 0.00843. The van der Waals surface area contributed by atoms with Crippen LogP contribution in [0.3, 0.4) is 0 Å². The summed E-state index contributed by atoms with van der Waals surface area (Å²) in [7, 11) is 0. The Kier molecular flexibility index (Phi) is 6.21. The van der Waals surface area contributed by atoms with Gasteiger partial charge >= 0.3 is 6.03 Å². The lowest BCUT2D eigenvalue weighted by Crippen LogP contribution is -2.33. The number of urea groups is 1. The number of benzene rings is 1. The van der Waals surface area contributed by atoms with Crippen LogP contribution < -0.4 is 11.1 Å². The van der Waals surface area contributed by atoms with Gasteiger partial charge in [0.25, 0.3) is 0 Å². The van der Waals surface area contributed by atoms with E-state index in [0.717, 1.165) is 12.8 Å². The summed E-state index contributed by atoms with van der Waals surface area (Å²) in [6.07, 6.45) is 3.58. The van der Waals surface area contributed by atoms with E-state index in [-0.39, 0.29) is 24.3 Å². The summed E-state index contributed by atoms with van der Waals surface area (Å²) < 4.78 is 13.9. The Balaban J connectivity index is 1.88. The van der Waals surface area contributed by atoms with E-state index in [4.69, 9.17) is 17.3 Å². The molecule has 1 aliphatic carbocycles. The van der Waals surface area contributed by atoms with E-state index in [9.17, 15) is 14.0 Å². The lowest BCUT2D eigenvalue weighted by molar-refractivity contribution is -0.132. The number of carbonyl (C=O) groups is 2. The third-order valence-corrected chi connectivity index (χ3v) is 4.17. The number of carbonyl (C=O) groups excluding carboxylic acids is 2. The van der Waals surface area contributed by atoms with E-state index >= 15 is 0 Å². The summed E-state index contributed by atoms with van der Waals surface area (Å²) >= 11 is 6.05. The maximum Gasteiger partial charge on any atom is 0.312 e. The number of halogens is 2. The third kappa shape index (κ3) is 5.39. The molecule has 0 saturated heterocycles. The van der Waals surface area contributed by atoms with Gasteiger partial charge in [-0.05, 0) is 37.8 Å². The van der Waals surface area contributed by atoms with Crippen molar-refractivity contribution in [2.24, 2.45) is 5.73 Å². The molecule has 0 radical (unpaired) electrons. The molecule has 1 fully saturated rings. The summed E-state index contributed by atoms with van der Waals surface area (Å²) in [5, 5.41) is 2.83. The highest BCUT2D eigenvalue weighted by molar-refractivity contribution is 6.31. The molecule has 1 aromatic rings. The smallest absolute Gasteiger partial charge is 0.312 e. The molecule has 7 heteroatoms. The molecular weight excluding hydrogens is 321 g/mol. The molecule has 0 atom stereocenters. The molecule has 3 N–H and O–H groups in total. The average Bonchev–Trinajstić information content (AvgIpc) is 3.30. The van der Waals surface area contributed by atoms with E-state index in [1.165, 1.54) is 6.07 Å². The first-order valence-electron chi connectivity index (χ1n) is 7.74. The molecule has 2 rings (SSSR count). The van der Waals surface area contributed by atoms with E-state index in [1.807, 2.05) is 0 Å². The summed E-state index contributed by atoms with van der Waals surface area (Å²) in [4.78, 5) is 24.7. The zero-order valence-electron chi connectivity index (χ0n) is 12.9. The molecule has 0 bridgehead atoms. The highest BCUT2D eigenvalue weighted by Crippen LogP contribution is 2.31. The number of hydrogen-bond donors (Lipinski definition) is 2. The van der Waals surface area contributed by atoms with Crippen LogP contribution in [0, 0.1) is 5.82 Å². The first-order valence-corrected chi connectivity index (χ1v) is 8.12. The summed E-state index contributed by atoms with van der Waals surface area (Å²) in [6, 6.07) is 4.15. The van der Waals surface area contributed by atoms with Gasteiger partial charge in [-0.3, -0.25) is 4.79 Å². The summed E-state index contributed by atoms with van der Waals surface area (Å²) in [5.41, 5.74) is 5.34. The monoisotopic (exact) mass is 341 g/mol. The number of unbranched alkanes of at least 4 members (excludes halogenated alkanes) is 1. The molecule has 0 aliphatic heterocycles. The molecule has 1 aromatic carbocycles. The van der Waals surface area contributed by atoms with Crippen LogP contribution in [0.1, 0.15) is 37.7 Å². The van der Waals surface area contributed by atoms with Gasteiger partial charge in [0.05, 0.1) is 6.54 Å². The van der Waals surface area contributed by atoms with Gasteiger partial charge in [0.2, 0.25) is 5.91 Å². The largest absolute Gasteiger partial charge is 0.352 e. The Morgan fingerprint density at radius 2 is 2.09 bits per heavy atom. The van der Waals surface area contributed by atoms with Gasteiger partial charge in [-0.1, -0.05) is 17.7 Å². The van der Waals surface area contributed by atoms with Gasteiger partial charge in [0, 0.05) is 29.6 Å². The van der Waals surface area contributed by atoms with Crippen LogP contribution in [0.15, 0.2) is 18.2 Å². The lowest BCUT2D eigenvalue weighted by atomic mass is 10.1. The zero-order chi connectivity index (χ0) is 16.8. The quantitative estimate of drug-likeness (QED) is 0.713. The molecule has 0 heterocycles. The van der Waals surface area contributed by atoms with Crippen LogP contribution in [-0.4, -0.2) is 29.4 Å². The van der Waals surface area contributed by atoms with Crippen LogP contribution in [0.5, 0.6) is 0 Å². The second-order valence-corrected chi connectivity index (χ2v) is 6.11. The van der Waals surface area contributed by atoms with Crippen molar-refractivity contribution < 1.29 is 14.0 Å². The van der Waals surface area contributed by atoms with Gasteiger partial charge < -0.3 is 16.0 Å². The number of amides is 3. The fourth-order valence-electron chi connectivity index (χ4n) is 2.42. The maximum atomic E-state index is 13.9. The highest BCUT2D eigenvalue weighted by atomic mass is 35.5. The fourth-order valence-corrected chi connectivity index (χ4v) is 2.64. The van der Waals surface area contributed by atoms with E-state index in [0.29, 0.717) is 36.4 Å². The molecule has 1 saturated carbocycles. The topological polar surface area (TPSA) is 75.4 Å². The number of nitrogens with zero attached hydrogens (tertiary/aromatic N) is 1. The summed E-state index contributed by atoms with van der Waals surface area (Å²) in [6.45, 7) is 0.653. The Morgan fingerprint density at radius 3 is 2.70 bits per heavy atom. The first kappa shape index (κ1) is 17.5. The molecule has 3 amide bonds. The van der Waals surface area contributed by atoms with Crippen molar-refractivity contribution in [2.45, 2.75) is 44.7 Å². The van der Waals surface area contributed by atoms with E-state index in [2.05, 4.69) is 5.32 Å². The number of hydrogen-bond acceptors (Lipinski definition) is 2. The van der Waals surface area contributed by atoms with Gasteiger partial charge in [0.1, 0.15) is 5.82 Å². The van der Waals surface area contributed by atoms with E-state index < -0.39 is 6.03 Å². The number of rotatable bonds is 8. The molecule has 0 spiro atoms. The van der Waals surface area contributed by atoms with E-state index in [1.54, 1.807) is 17.0 Å². The molecule has 1 aliphatic rings. The number of primary amides is 1. The van der Waals surface area contributed by atoms with Crippen molar-refractivity contribution in [1.29, 1.82) is 0 Å². The summed E-state index contributed by atoms with van der Waals surface area (Å²) in [5.74, 6) is -0.396. The van der Waals surface area contributed by atoms with Crippen molar-refractivity contribution in [3.8, 4) is 0 Å². The van der Waals surface area contributed by atoms with Gasteiger partial charge in [0.15, 0.2) is 0 Å². The zero-order valence-corrected chi connectivity index (χ0v) is 13.6. The molecule has 126 valence electrons. The van der Waals surface area contributed by atoms with Gasteiger partial charge in [-0.2, -0.15) is 0 Å². The average molecular weight is 342 g/mol. The molecule has 5 nitrogen and oxygen atoms in total. The van der Waals surface area contributed by atoms with Gasteiger partial charge in [-0.15, -0.1) is 0 Å². The third-order valence-electron chi connectivity index (χ3n) is 3.81. The van der Waals surface area contributed by atoms with Crippen molar-refractivity contribution in [3.63, 3.8) is 0 Å². The normalized spacial score (nSPS) is 13.7. The van der Waals surface area contributed by atoms with Crippen molar-refractivity contribution in [2.75, 3.05) is 6.54 Å². The van der Waals surface area contributed by atoms with Crippen LogP contribution in [0.25, 0.3) is 0 Å². The molecular formula is C16H21ClFN3O2. The predicted molar refractivity (Wildman–Crippen MR) is 86.4 cm³/mol. The van der Waals surface area contributed by atoms with Crippen LogP contribution in [0.4, 0.5) is 9.18 Å². The van der Waals surface area contributed by atoms with Gasteiger partial charge in [-0.25, -0.2) is 9.18 Å². The standard InChI is InChI=1S/C16H21ClFN3O2/c17-13-4-3-5-14(18)12(13)10-21(11-7-8-11)15(22)6-1-2-9-20-16(19)23/h3-5,11H,1-2,6-10H2,(H3,19,20,23). The lowest BCUT2D eigenvalue weighted by Gasteiger charge is -2.23. The second-order valence-electron chi connectivity index (χ2n) is 5.70. The van der Waals surface area contributed by atoms with Crippen LogP contribution >= 0.6 is 11.6 Å². The van der Waals surface area contributed by atoms with Crippen molar-refractivity contribution in [3.05, 3.63) is 34.6 Å². The molecule has 23 heavy (non-hydrogen) atoms. The second kappa shape index (κ2) is 8.15. The number of nitrogens with two attached hydrogens (primary N) is 1. The van der Waals surface area contributed by atoms with Crippen LogP contribution in [0.2, 0.25) is 5.02 Å². The number of nitrogens with one attached hydrogen (secondary N) is 1. The fraction of sp³-hybridized carbons (Fsp3) is 0.500. The maximum absolute atomic E-state index is 13.9. The minimum atomic E-state index is -0.565.